The predicted molar refractivity (Wildman–Crippen MR) is 164 cm³/mol. The van der Waals surface area contributed by atoms with E-state index in [1.807, 2.05) is 61.5 Å². The number of hydrogen-bond acceptors (Lipinski definition) is 5. The van der Waals surface area contributed by atoms with Gasteiger partial charge in [-0.05, 0) is 47.9 Å². The van der Waals surface area contributed by atoms with Crippen LogP contribution in [-0.4, -0.2) is 51.9 Å². The second-order valence-corrected chi connectivity index (χ2v) is 11.6. The molecule has 0 spiro atoms. The number of ether oxygens (including phenoxy) is 1. The Morgan fingerprint density at radius 1 is 0.833 bits per heavy atom. The molecule has 4 aromatic carbocycles. The number of amides is 2. The Balaban J connectivity index is 1.82. The van der Waals surface area contributed by atoms with Gasteiger partial charge >= 0.3 is 0 Å². The SMILES string of the molecule is CNC(=O)[C@@H](Cc1ccccc1)N(Cc1ccccc1C)C(=O)CN(c1ccccc1OC)S(=O)(=O)c1ccccc1. The van der Waals surface area contributed by atoms with Crippen molar-refractivity contribution in [3.8, 4) is 5.75 Å². The molecule has 4 rings (SSSR count). The van der Waals surface area contributed by atoms with Crippen molar-refractivity contribution in [2.75, 3.05) is 25.0 Å². The summed E-state index contributed by atoms with van der Waals surface area (Å²) in [4.78, 5) is 29.2. The molecule has 0 fully saturated rings. The van der Waals surface area contributed by atoms with Gasteiger partial charge in [0.05, 0.1) is 17.7 Å². The number of para-hydroxylation sites is 2. The number of hydrogen-bond donors (Lipinski definition) is 1. The zero-order valence-corrected chi connectivity index (χ0v) is 24.8. The van der Waals surface area contributed by atoms with Crippen molar-refractivity contribution in [1.29, 1.82) is 0 Å². The van der Waals surface area contributed by atoms with E-state index in [2.05, 4.69) is 5.32 Å². The standard InChI is InChI=1S/C33H35N3O5S/c1-25-14-10-11-17-27(25)23-35(30(33(38)34-2)22-26-15-6-4-7-16-26)32(37)24-36(29-20-12-13-21-31(29)41-3)42(39,40)28-18-8-5-9-19-28/h4-21,30H,22-24H2,1-3H3,(H,34,38)/t30-/m1/s1. The van der Waals surface area contributed by atoms with E-state index in [4.69, 9.17) is 4.74 Å². The number of anilines is 1. The number of rotatable bonds is 12. The van der Waals surface area contributed by atoms with Crippen molar-refractivity contribution in [3.05, 3.63) is 126 Å². The maximum Gasteiger partial charge on any atom is 0.264 e. The van der Waals surface area contributed by atoms with E-state index in [9.17, 15) is 18.0 Å². The average molecular weight is 586 g/mol. The zero-order chi connectivity index (χ0) is 30.1. The lowest BCUT2D eigenvalue weighted by atomic mass is 10.0. The second-order valence-electron chi connectivity index (χ2n) is 9.76. The summed E-state index contributed by atoms with van der Waals surface area (Å²) < 4.78 is 34.6. The first-order valence-electron chi connectivity index (χ1n) is 13.6. The summed E-state index contributed by atoms with van der Waals surface area (Å²) in [5, 5.41) is 2.70. The van der Waals surface area contributed by atoms with Crippen LogP contribution in [0.25, 0.3) is 0 Å². The maximum absolute atomic E-state index is 14.4. The van der Waals surface area contributed by atoms with Crippen molar-refractivity contribution in [1.82, 2.24) is 10.2 Å². The molecule has 8 nitrogen and oxygen atoms in total. The van der Waals surface area contributed by atoms with E-state index in [0.717, 1.165) is 21.0 Å². The molecule has 0 radical (unpaired) electrons. The third-order valence-electron chi connectivity index (χ3n) is 7.08. The lowest BCUT2D eigenvalue weighted by Gasteiger charge is -2.34. The summed E-state index contributed by atoms with van der Waals surface area (Å²) in [5.41, 5.74) is 2.88. The molecule has 0 aliphatic heterocycles. The number of nitrogens with one attached hydrogen (secondary N) is 1. The van der Waals surface area contributed by atoms with Crippen LogP contribution in [0.3, 0.4) is 0 Å². The summed E-state index contributed by atoms with van der Waals surface area (Å²) in [5.74, 6) is -0.592. The van der Waals surface area contributed by atoms with Crippen molar-refractivity contribution >= 4 is 27.5 Å². The number of aryl methyl sites for hydroxylation is 1. The molecule has 1 N–H and O–H groups in total. The van der Waals surface area contributed by atoms with Gasteiger partial charge in [0, 0.05) is 20.0 Å². The van der Waals surface area contributed by atoms with Gasteiger partial charge < -0.3 is 15.0 Å². The first-order chi connectivity index (χ1) is 20.3. The molecule has 0 aliphatic rings. The van der Waals surface area contributed by atoms with Crippen LogP contribution in [0.5, 0.6) is 5.75 Å². The topological polar surface area (TPSA) is 96.0 Å². The van der Waals surface area contributed by atoms with Crippen molar-refractivity contribution in [3.63, 3.8) is 0 Å². The summed E-state index contributed by atoms with van der Waals surface area (Å²) in [7, 11) is -1.23. The molecule has 42 heavy (non-hydrogen) atoms. The smallest absolute Gasteiger partial charge is 0.264 e. The van der Waals surface area contributed by atoms with Gasteiger partial charge in [0.1, 0.15) is 18.3 Å². The molecule has 1 atom stereocenters. The Morgan fingerprint density at radius 3 is 2.07 bits per heavy atom. The van der Waals surface area contributed by atoms with Gasteiger partial charge in [0.15, 0.2) is 0 Å². The summed E-state index contributed by atoms with van der Waals surface area (Å²) >= 11 is 0. The minimum Gasteiger partial charge on any atom is -0.495 e. The number of sulfonamides is 1. The number of likely N-dealkylation sites (N-methyl/N-ethyl adjacent to an activating group) is 1. The molecule has 218 valence electrons. The highest BCUT2D eigenvalue weighted by Gasteiger charge is 2.35. The third-order valence-corrected chi connectivity index (χ3v) is 8.86. The number of carbonyl (C=O) groups excluding carboxylic acids is 2. The van der Waals surface area contributed by atoms with Gasteiger partial charge in [-0.2, -0.15) is 0 Å². The highest BCUT2D eigenvalue weighted by molar-refractivity contribution is 7.92. The van der Waals surface area contributed by atoms with E-state index >= 15 is 0 Å². The van der Waals surface area contributed by atoms with Crippen LogP contribution in [0.1, 0.15) is 16.7 Å². The summed E-state index contributed by atoms with van der Waals surface area (Å²) in [6.07, 6.45) is 0.248. The van der Waals surface area contributed by atoms with E-state index in [1.54, 1.807) is 42.5 Å². The molecular weight excluding hydrogens is 550 g/mol. The lowest BCUT2D eigenvalue weighted by Crippen LogP contribution is -2.53. The molecule has 0 aromatic heterocycles. The molecule has 9 heteroatoms. The largest absolute Gasteiger partial charge is 0.495 e. The Morgan fingerprint density at radius 2 is 1.43 bits per heavy atom. The first-order valence-corrected chi connectivity index (χ1v) is 15.0. The normalized spacial score (nSPS) is 11.8. The molecular formula is C33H35N3O5S. The minimum absolute atomic E-state index is 0.0290. The lowest BCUT2D eigenvalue weighted by molar-refractivity contribution is -0.139. The molecule has 0 saturated carbocycles. The number of methoxy groups -OCH3 is 1. The average Bonchev–Trinajstić information content (AvgIpc) is 3.02. The quantitative estimate of drug-likeness (QED) is 0.263. The number of nitrogens with zero attached hydrogens (tertiary/aromatic N) is 2. The predicted octanol–water partition coefficient (Wildman–Crippen LogP) is 4.59. The zero-order valence-electron chi connectivity index (χ0n) is 23.9. The Bertz CT molecular complexity index is 1610. The van der Waals surface area contributed by atoms with Crippen molar-refractivity contribution in [2.45, 2.75) is 30.8 Å². The Kier molecular flexibility index (Phi) is 9.98. The van der Waals surface area contributed by atoms with E-state index in [1.165, 1.54) is 31.2 Å². The van der Waals surface area contributed by atoms with Crippen molar-refractivity contribution < 1.29 is 22.7 Å². The minimum atomic E-state index is -4.20. The van der Waals surface area contributed by atoms with Crippen LogP contribution < -0.4 is 14.4 Å². The molecule has 2 amide bonds. The Hall–Kier alpha value is -4.63. The van der Waals surface area contributed by atoms with Crippen molar-refractivity contribution in [2.24, 2.45) is 0 Å². The Labute approximate surface area is 247 Å². The van der Waals surface area contributed by atoms with Gasteiger partial charge in [-0.25, -0.2) is 8.42 Å². The maximum atomic E-state index is 14.4. The summed E-state index contributed by atoms with van der Waals surface area (Å²) in [6, 6.07) is 30.7. The highest BCUT2D eigenvalue weighted by atomic mass is 32.2. The molecule has 0 unspecified atom stereocenters. The molecule has 0 saturated heterocycles. The molecule has 0 aliphatic carbocycles. The molecule has 0 bridgehead atoms. The third kappa shape index (κ3) is 6.98. The summed E-state index contributed by atoms with van der Waals surface area (Å²) in [6.45, 7) is 1.50. The van der Waals surface area contributed by atoms with E-state index < -0.39 is 28.5 Å². The van der Waals surface area contributed by atoms with E-state index in [-0.39, 0.29) is 29.5 Å². The van der Waals surface area contributed by atoms with Crippen LogP contribution in [0, 0.1) is 6.92 Å². The van der Waals surface area contributed by atoms with Crippen LogP contribution >= 0.6 is 0 Å². The van der Waals surface area contributed by atoms with Crippen LogP contribution in [0.15, 0.2) is 114 Å². The van der Waals surface area contributed by atoms with Gasteiger partial charge in [-0.15, -0.1) is 0 Å². The van der Waals surface area contributed by atoms with Crippen LogP contribution in [0.4, 0.5) is 5.69 Å². The van der Waals surface area contributed by atoms with Gasteiger partial charge in [-0.3, -0.25) is 13.9 Å². The molecule has 4 aromatic rings. The monoisotopic (exact) mass is 585 g/mol. The fraction of sp³-hybridized carbons (Fsp3) is 0.212. The second kappa shape index (κ2) is 13.8. The number of carbonyl (C=O) groups is 2. The number of benzene rings is 4. The van der Waals surface area contributed by atoms with Gasteiger partial charge in [0.2, 0.25) is 11.8 Å². The fourth-order valence-electron chi connectivity index (χ4n) is 4.76. The fourth-order valence-corrected chi connectivity index (χ4v) is 6.21. The molecule has 0 heterocycles. The van der Waals surface area contributed by atoms with Crippen LogP contribution in [0.2, 0.25) is 0 Å². The highest BCUT2D eigenvalue weighted by Crippen LogP contribution is 2.32. The van der Waals surface area contributed by atoms with E-state index in [0.29, 0.717) is 5.75 Å². The van der Waals surface area contributed by atoms with Gasteiger partial charge in [-0.1, -0.05) is 84.9 Å². The van der Waals surface area contributed by atoms with Crippen LogP contribution in [-0.2, 0) is 32.6 Å². The first kappa shape index (κ1) is 30.3. The van der Waals surface area contributed by atoms with Gasteiger partial charge in [0.25, 0.3) is 10.0 Å².